The molecule has 0 spiro atoms. The second-order valence-corrected chi connectivity index (χ2v) is 8.26. The minimum atomic E-state index is -0.288. The molecule has 9 nitrogen and oxygen atoms in total. The van der Waals surface area contributed by atoms with Gasteiger partial charge < -0.3 is 10.1 Å². The van der Waals surface area contributed by atoms with Crippen LogP contribution in [-0.2, 0) is 0 Å². The van der Waals surface area contributed by atoms with Gasteiger partial charge in [-0.1, -0.05) is 48.2 Å². The Bertz CT molecular complexity index is 1480. The van der Waals surface area contributed by atoms with Crippen LogP contribution in [0.15, 0.2) is 90.2 Å². The number of anilines is 1. The predicted molar refractivity (Wildman–Crippen MR) is 134 cm³/mol. The fraction of sp³-hybridized carbons (Fsp3) is 0.0800. The lowest BCUT2D eigenvalue weighted by Crippen LogP contribution is -2.12. The summed E-state index contributed by atoms with van der Waals surface area (Å²) >= 11 is 1.43. The van der Waals surface area contributed by atoms with Crippen LogP contribution in [0.1, 0.15) is 10.4 Å². The van der Waals surface area contributed by atoms with E-state index in [2.05, 4.69) is 20.8 Å². The summed E-state index contributed by atoms with van der Waals surface area (Å²) < 4.78 is 8.70. The first-order chi connectivity index (χ1) is 17.2. The topological polar surface area (TPSA) is 99.8 Å². The Hall–Kier alpha value is -4.44. The zero-order valence-corrected chi connectivity index (χ0v) is 19.8. The maximum atomic E-state index is 13.5. The Balaban J connectivity index is 1.52. The van der Waals surface area contributed by atoms with Crippen molar-refractivity contribution in [3.8, 4) is 28.4 Å². The smallest absolute Gasteiger partial charge is 0.259 e. The number of para-hydroxylation sites is 1. The first-order valence-electron chi connectivity index (χ1n) is 10.7. The van der Waals surface area contributed by atoms with E-state index in [1.54, 1.807) is 22.7 Å². The minimum absolute atomic E-state index is 0.288. The van der Waals surface area contributed by atoms with Gasteiger partial charge in [0.15, 0.2) is 0 Å². The number of amides is 1. The van der Waals surface area contributed by atoms with E-state index < -0.39 is 0 Å². The van der Waals surface area contributed by atoms with Gasteiger partial charge in [0.25, 0.3) is 5.91 Å². The molecule has 0 fully saturated rings. The van der Waals surface area contributed by atoms with E-state index in [0.29, 0.717) is 27.9 Å². The molecule has 5 aromatic rings. The second-order valence-electron chi connectivity index (χ2n) is 7.49. The molecule has 174 valence electrons. The zero-order valence-electron chi connectivity index (χ0n) is 19.0. The SMILES string of the molecule is COc1cccc(-c2nn(-c3ccccc3)cc2C(=O)Nc2cccc(-n3nnnc3SC)c2)c1. The quantitative estimate of drug-likeness (QED) is 0.340. The number of nitrogens with one attached hydrogen (secondary N) is 1. The van der Waals surface area contributed by atoms with Crippen LogP contribution >= 0.6 is 11.8 Å². The average molecular weight is 484 g/mol. The Kier molecular flexibility index (Phi) is 6.27. The van der Waals surface area contributed by atoms with E-state index in [0.717, 1.165) is 16.9 Å². The van der Waals surface area contributed by atoms with Crippen LogP contribution in [0.2, 0.25) is 0 Å². The predicted octanol–water partition coefficient (Wildman–Crippen LogP) is 4.50. The average Bonchev–Trinajstić information content (AvgIpc) is 3.57. The van der Waals surface area contributed by atoms with E-state index in [1.807, 2.05) is 85.1 Å². The Labute approximate surface area is 205 Å². The summed E-state index contributed by atoms with van der Waals surface area (Å²) in [6, 6.07) is 24.5. The molecule has 35 heavy (non-hydrogen) atoms. The fourth-order valence-electron chi connectivity index (χ4n) is 3.62. The Morgan fingerprint density at radius 2 is 1.77 bits per heavy atom. The molecule has 1 N–H and O–H groups in total. The third-order valence-corrected chi connectivity index (χ3v) is 5.91. The molecule has 0 saturated carbocycles. The van der Waals surface area contributed by atoms with Crippen molar-refractivity contribution >= 4 is 23.4 Å². The summed E-state index contributed by atoms with van der Waals surface area (Å²) in [4.78, 5) is 13.5. The third kappa shape index (κ3) is 4.64. The van der Waals surface area contributed by atoms with Crippen LogP contribution in [0.3, 0.4) is 0 Å². The summed E-state index contributed by atoms with van der Waals surface area (Å²) in [7, 11) is 1.61. The molecule has 0 bridgehead atoms. The molecule has 0 radical (unpaired) electrons. The van der Waals surface area contributed by atoms with Crippen LogP contribution in [0.5, 0.6) is 5.75 Å². The van der Waals surface area contributed by atoms with Crippen molar-refractivity contribution in [1.29, 1.82) is 0 Å². The molecule has 2 heterocycles. The number of hydrogen-bond donors (Lipinski definition) is 1. The number of methoxy groups -OCH3 is 1. The number of thioether (sulfide) groups is 1. The van der Waals surface area contributed by atoms with Crippen LogP contribution in [-0.4, -0.2) is 49.3 Å². The molecular formula is C25H21N7O2S. The number of hydrogen-bond acceptors (Lipinski definition) is 7. The van der Waals surface area contributed by atoms with E-state index in [4.69, 9.17) is 9.84 Å². The second kappa shape index (κ2) is 9.82. The van der Waals surface area contributed by atoms with Gasteiger partial charge in [-0.25, -0.2) is 4.68 Å². The van der Waals surface area contributed by atoms with Crippen molar-refractivity contribution in [1.82, 2.24) is 30.0 Å². The summed E-state index contributed by atoms with van der Waals surface area (Å²) in [5, 5.41) is 20.1. The van der Waals surface area contributed by atoms with Gasteiger partial charge >= 0.3 is 0 Å². The normalized spacial score (nSPS) is 10.8. The van der Waals surface area contributed by atoms with Crippen LogP contribution in [0.25, 0.3) is 22.6 Å². The summed E-state index contributed by atoms with van der Waals surface area (Å²) in [6.45, 7) is 0. The van der Waals surface area contributed by atoms with Crippen molar-refractivity contribution in [3.05, 3.63) is 90.6 Å². The molecule has 5 rings (SSSR count). The number of nitrogens with zero attached hydrogens (tertiary/aromatic N) is 6. The number of carbonyl (C=O) groups excluding carboxylic acids is 1. The number of aromatic nitrogens is 6. The Morgan fingerprint density at radius 3 is 2.57 bits per heavy atom. The highest BCUT2D eigenvalue weighted by atomic mass is 32.2. The van der Waals surface area contributed by atoms with Crippen molar-refractivity contribution in [2.75, 3.05) is 18.7 Å². The molecule has 0 saturated heterocycles. The Morgan fingerprint density at radius 1 is 0.971 bits per heavy atom. The molecule has 2 aromatic heterocycles. The molecule has 0 aliphatic heterocycles. The molecule has 3 aromatic carbocycles. The van der Waals surface area contributed by atoms with Gasteiger partial charge in [-0.3, -0.25) is 4.79 Å². The van der Waals surface area contributed by atoms with Gasteiger partial charge in [-0.15, -0.1) is 5.10 Å². The summed E-state index contributed by atoms with van der Waals surface area (Å²) in [6.07, 6.45) is 3.63. The van der Waals surface area contributed by atoms with E-state index in [9.17, 15) is 4.79 Å². The lowest BCUT2D eigenvalue weighted by atomic mass is 10.1. The molecule has 0 unspecified atom stereocenters. The van der Waals surface area contributed by atoms with Crippen molar-refractivity contribution < 1.29 is 9.53 Å². The monoisotopic (exact) mass is 483 g/mol. The van der Waals surface area contributed by atoms with E-state index in [-0.39, 0.29) is 5.91 Å². The standard InChI is InChI=1S/C25H21N7O2S/c1-34-21-13-6-8-17(14-21)23-22(16-31(28-23)19-10-4-3-5-11-19)24(33)26-18-9-7-12-20(15-18)32-25(35-2)27-29-30-32/h3-16H,1-2H3,(H,26,33). The maximum absolute atomic E-state index is 13.5. The van der Waals surface area contributed by atoms with E-state index in [1.165, 1.54) is 11.8 Å². The summed E-state index contributed by atoms with van der Waals surface area (Å²) in [5.41, 5.74) is 3.95. The highest BCUT2D eigenvalue weighted by Crippen LogP contribution is 2.28. The molecule has 0 atom stereocenters. The third-order valence-electron chi connectivity index (χ3n) is 5.29. The number of ether oxygens (including phenoxy) is 1. The highest BCUT2D eigenvalue weighted by molar-refractivity contribution is 7.98. The van der Waals surface area contributed by atoms with Gasteiger partial charge in [-0.05, 0) is 59.1 Å². The van der Waals surface area contributed by atoms with Crippen LogP contribution in [0.4, 0.5) is 5.69 Å². The minimum Gasteiger partial charge on any atom is -0.497 e. The van der Waals surface area contributed by atoms with Crippen LogP contribution < -0.4 is 10.1 Å². The zero-order chi connectivity index (χ0) is 24.2. The van der Waals surface area contributed by atoms with Gasteiger partial charge in [0.05, 0.1) is 24.0 Å². The molecule has 0 aliphatic rings. The van der Waals surface area contributed by atoms with Crippen molar-refractivity contribution in [2.45, 2.75) is 5.16 Å². The lowest BCUT2D eigenvalue weighted by Gasteiger charge is -2.08. The van der Waals surface area contributed by atoms with Gasteiger partial charge in [0, 0.05) is 17.4 Å². The highest BCUT2D eigenvalue weighted by Gasteiger charge is 2.20. The van der Waals surface area contributed by atoms with Gasteiger partial charge in [-0.2, -0.15) is 9.78 Å². The molecule has 10 heteroatoms. The first-order valence-corrected chi connectivity index (χ1v) is 11.9. The largest absolute Gasteiger partial charge is 0.497 e. The van der Waals surface area contributed by atoms with Crippen LogP contribution in [0, 0.1) is 0 Å². The molecule has 0 aliphatic carbocycles. The number of tetrazole rings is 1. The first kappa shape index (κ1) is 22.4. The summed E-state index contributed by atoms with van der Waals surface area (Å²) in [5.74, 6) is 0.394. The van der Waals surface area contributed by atoms with Crippen molar-refractivity contribution in [3.63, 3.8) is 0 Å². The lowest BCUT2D eigenvalue weighted by molar-refractivity contribution is 0.102. The number of rotatable bonds is 7. The van der Waals surface area contributed by atoms with Crippen molar-refractivity contribution in [2.24, 2.45) is 0 Å². The molecule has 1 amide bonds. The molecular weight excluding hydrogens is 462 g/mol. The van der Waals surface area contributed by atoms with E-state index >= 15 is 0 Å². The maximum Gasteiger partial charge on any atom is 0.259 e. The fourth-order valence-corrected chi connectivity index (χ4v) is 4.05. The van der Waals surface area contributed by atoms with Gasteiger partial charge in [0.1, 0.15) is 11.4 Å². The number of benzene rings is 3. The number of carbonyl (C=O) groups is 1. The van der Waals surface area contributed by atoms with Gasteiger partial charge in [0.2, 0.25) is 5.16 Å².